The van der Waals surface area contributed by atoms with Crippen LogP contribution in [0.1, 0.15) is 6.42 Å². The number of rotatable bonds is 3. The number of benzene rings is 1. The van der Waals surface area contributed by atoms with Crippen LogP contribution in [-0.2, 0) is 10.0 Å². The van der Waals surface area contributed by atoms with E-state index in [0.29, 0.717) is 24.1 Å². The molecule has 1 aromatic rings. The fourth-order valence-corrected chi connectivity index (χ4v) is 4.57. The molecule has 1 aliphatic heterocycles. The minimum atomic E-state index is -3.52. The first-order valence-electron chi connectivity index (χ1n) is 5.60. The summed E-state index contributed by atoms with van der Waals surface area (Å²) in [5.74, 6) is 0.241. The maximum absolute atomic E-state index is 12.4. The predicted octanol–water partition coefficient (Wildman–Crippen LogP) is 2.49. The molecule has 4 nitrogen and oxygen atoms in total. The van der Waals surface area contributed by atoms with Crippen molar-refractivity contribution in [2.45, 2.75) is 11.3 Å². The van der Waals surface area contributed by atoms with Crippen LogP contribution in [0.15, 0.2) is 27.6 Å². The van der Waals surface area contributed by atoms with Gasteiger partial charge in [-0.05, 0) is 37.1 Å². The number of sulfonamides is 1. The SMILES string of the molecule is Cl.NCC1CCN(S(=O)(=O)c2cc(Br)ccc2Cl)C1. The number of hydrogen-bond donors (Lipinski definition) is 1. The summed E-state index contributed by atoms with van der Waals surface area (Å²) in [5, 5.41) is 0.245. The highest BCUT2D eigenvalue weighted by molar-refractivity contribution is 9.10. The van der Waals surface area contributed by atoms with Gasteiger partial charge in [0.1, 0.15) is 4.90 Å². The first-order valence-corrected chi connectivity index (χ1v) is 8.21. The summed E-state index contributed by atoms with van der Waals surface area (Å²) in [5.41, 5.74) is 5.58. The van der Waals surface area contributed by atoms with Gasteiger partial charge in [0.05, 0.1) is 5.02 Å². The zero-order valence-corrected chi connectivity index (χ0v) is 14.0. The van der Waals surface area contributed by atoms with Crippen LogP contribution in [0.2, 0.25) is 5.02 Å². The van der Waals surface area contributed by atoms with Gasteiger partial charge >= 0.3 is 0 Å². The van der Waals surface area contributed by atoms with Crippen LogP contribution in [0.4, 0.5) is 0 Å². The van der Waals surface area contributed by atoms with E-state index in [9.17, 15) is 8.42 Å². The Labute approximate surface area is 132 Å². The number of nitrogens with two attached hydrogens (primary N) is 1. The molecule has 0 aromatic heterocycles. The minimum absolute atomic E-state index is 0. The van der Waals surface area contributed by atoms with Crippen LogP contribution in [0.5, 0.6) is 0 Å². The zero-order valence-electron chi connectivity index (χ0n) is 10.1. The Balaban J connectivity index is 0.00000180. The molecule has 1 saturated heterocycles. The Hall–Kier alpha value is 0.150. The molecule has 0 bridgehead atoms. The lowest BCUT2D eigenvalue weighted by atomic mass is 10.1. The molecule has 0 aliphatic carbocycles. The second-order valence-corrected chi connectivity index (χ2v) is 7.56. The van der Waals surface area contributed by atoms with Crippen molar-refractivity contribution in [2.24, 2.45) is 11.7 Å². The van der Waals surface area contributed by atoms with Gasteiger partial charge in [0, 0.05) is 17.6 Å². The lowest BCUT2D eigenvalue weighted by molar-refractivity contribution is 0.459. The third kappa shape index (κ3) is 3.62. The Morgan fingerprint density at radius 3 is 2.74 bits per heavy atom. The molecule has 0 spiro atoms. The number of nitrogens with zero attached hydrogens (tertiary/aromatic N) is 1. The third-order valence-electron chi connectivity index (χ3n) is 3.09. The summed E-state index contributed by atoms with van der Waals surface area (Å²) < 4.78 is 27.0. The smallest absolute Gasteiger partial charge is 0.244 e. The van der Waals surface area contributed by atoms with Gasteiger partial charge in [-0.25, -0.2) is 8.42 Å². The summed E-state index contributed by atoms with van der Waals surface area (Å²) in [6.45, 7) is 1.49. The van der Waals surface area contributed by atoms with Crippen LogP contribution < -0.4 is 5.73 Å². The highest BCUT2D eigenvalue weighted by Gasteiger charge is 2.33. The van der Waals surface area contributed by atoms with Crippen molar-refractivity contribution < 1.29 is 8.42 Å². The first kappa shape index (κ1) is 17.2. The van der Waals surface area contributed by atoms with Gasteiger partial charge in [-0.3, -0.25) is 0 Å². The van der Waals surface area contributed by atoms with Crippen molar-refractivity contribution >= 4 is 50.0 Å². The first-order chi connectivity index (χ1) is 8.45. The Morgan fingerprint density at radius 2 is 2.16 bits per heavy atom. The highest BCUT2D eigenvalue weighted by Crippen LogP contribution is 2.30. The van der Waals surface area contributed by atoms with Crippen molar-refractivity contribution in [1.82, 2.24) is 4.31 Å². The molecule has 1 aliphatic rings. The number of hydrogen-bond acceptors (Lipinski definition) is 3. The second-order valence-electron chi connectivity index (χ2n) is 4.33. The molecule has 108 valence electrons. The molecule has 2 rings (SSSR count). The molecule has 2 N–H and O–H groups in total. The van der Waals surface area contributed by atoms with E-state index in [1.807, 2.05) is 0 Å². The van der Waals surface area contributed by atoms with E-state index in [2.05, 4.69) is 15.9 Å². The largest absolute Gasteiger partial charge is 0.330 e. The molecule has 1 fully saturated rings. The van der Waals surface area contributed by atoms with Crippen LogP contribution in [0.3, 0.4) is 0 Å². The van der Waals surface area contributed by atoms with E-state index >= 15 is 0 Å². The summed E-state index contributed by atoms with van der Waals surface area (Å²) in [7, 11) is -3.52. The van der Waals surface area contributed by atoms with Gasteiger partial charge in [-0.1, -0.05) is 27.5 Å². The van der Waals surface area contributed by atoms with Crippen molar-refractivity contribution in [3.63, 3.8) is 0 Å². The molecule has 1 unspecified atom stereocenters. The summed E-state index contributed by atoms with van der Waals surface area (Å²) in [4.78, 5) is 0.149. The van der Waals surface area contributed by atoms with Gasteiger partial charge in [0.15, 0.2) is 0 Å². The zero-order chi connectivity index (χ0) is 13.3. The van der Waals surface area contributed by atoms with Crippen molar-refractivity contribution in [2.75, 3.05) is 19.6 Å². The van der Waals surface area contributed by atoms with Crippen LogP contribution in [0, 0.1) is 5.92 Å². The molecule has 0 saturated carbocycles. The Bertz CT molecular complexity index is 554. The third-order valence-corrected chi connectivity index (χ3v) is 5.93. The van der Waals surface area contributed by atoms with Gasteiger partial charge in [-0.15, -0.1) is 12.4 Å². The predicted molar refractivity (Wildman–Crippen MR) is 82.3 cm³/mol. The average Bonchev–Trinajstić information content (AvgIpc) is 2.81. The van der Waals surface area contributed by atoms with Crippen molar-refractivity contribution in [3.05, 3.63) is 27.7 Å². The van der Waals surface area contributed by atoms with Gasteiger partial charge < -0.3 is 5.73 Å². The van der Waals surface area contributed by atoms with Crippen LogP contribution >= 0.6 is 39.9 Å². The van der Waals surface area contributed by atoms with E-state index in [0.717, 1.165) is 6.42 Å². The van der Waals surface area contributed by atoms with Gasteiger partial charge in [0.2, 0.25) is 10.0 Å². The topological polar surface area (TPSA) is 63.4 Å². The summed E-state index contributed by atoms with van der Waals surface area (Å²) in [6.07, 6.45) is 0.807. The molecule has 1 atom stereocenters. The Kier molecular flexibility index (Phi) is 6.10. The monoisotopic (exact) mass is 388 g/mol. The van der Waals surface area contributed by atoms with E-state index < -0.39 is 10.0 Å². The van der Waals surface area contributed by atoms with Crippen molar-refractivity contribution in [1.29, 1.82) is 0 Å². The fraction of sp³-hybridized carbons (Fsp3) is 0.455. The summed E-state index contributed by atoms with van der Waals surface area (Å²) in [6, 6.07) is 4.83. The van der Waals surface area contributed by atoms with E-state index in [1.165, 1.54) is 10.4 Å². The lowest BCUT2D eigenvalue weighted by Gasteiger charge is -2.17. The van der Waals surface area contributed by atoms with Crippen molar-refractivity contribution in [3.8, 4) is 0 Å². The molecule has 8 heteroatoms. The van der Waals surface area contributed by atoms with Gasteiger partial charge in [-0.2, -0.15) is 4.31 Å². The van der Waals surface area contributed by atoms with E-state index in [-0.39, 0.29) is 28.2 Å². The minimum Gasteiger partial charge on any atom is -0.330 e. The van der Waals surface area contributed by atoms with E-state index in [1.54, 1.807) is 12.1 Å². The average molecular weight is 390 g/mol. The maximum atomic E-state index is 12.4. The molecular weight excluding hydrogens is 375 g/mol. The standard InChI is InChI=1S/C11H14BrClN2O2S.ClH/c12-9-1-2-10(13)11(5-9)18(16,17)15-4-3-8(6-14)7-15;/h1-2,5,8H,3-4,6-7,14H2;1H. The molecule has 0 amide bonds. The normalized spacial score (nSPS) is 20.3. The van der Waals surface area contributed by atoms with Crippen LogP contribution in [-0.4, -0.2) is 32.4 Å². The maximum Gasteiger partial charge on any atom is 0.244 e. The van der Waals surface area contributed by atoms with Gasteiger partial charge in [0.25, 0.3) is 0 Å². The lowest BCUT2D eigenvalue weighted by Crippen LogP contribution is -2.30. The van der Waals surface area contributed by atoms with E-state index in [4.69, 9.17) is 17.3 Å². The quantitative estimate of drug-likeness (QED) is 0.863. The highest BCUT2D eigenvalue weighted by atomic mass is 79.9. The van der Waals surface area contributed by atoms with Crippen LogP contribution in [0.25, 0.3) is 0 Å². The molecule has 1 aromatic carbocycles. The molecular formula is C11H15BrCl2N2O2S. The molecule has 19 heavy (non-hydrogen) atoms. The fourth-order valence-electron chi connectivity index (χ4n) is 2.02. The number of halogens is 3. The Morgan fingerprint density at radius 1 is 1.47 bits per heavy atom. The molecule has 1 heterocycles. The second kappa shape index (κ2) is 6.74. The molecule has 0 radical (unpaired) electrons. The summed E-state index contributed by atoms with van der Waals surface area (Å²) >= 11 is 9.24.